The number of hydrogen-bond donors (Lipinski definition) is 1. The average Bonchev–Trinajstić information content (AvgIpc) is 2.41. The first-order valence-electron chi connectivity index (χ1n) is 5.72. The molecule has 0 amide bonds. The molecule has 0 aliphatic rings. The fraction of sp³-hybridized carbons (Fsp3) is 0.214. The Bertz CT molecular complexity index is 560. The summed E-state index contributed by atoms with van der Waals surface area (Å²) in [6.45, 7) is 0. The Kier molecular flexibility index (Phi) is 4.80. The lowest BCUT2D eigenvalue weighted by Crippen LogP contribution is -2.05. The minimum Gasteiger partial charge on any atom is -0.496 e. The van der Waals surface area contributed by atoms with E-state index in [2.05, 4.69) is 20.9 Å². The van der Waals surface area contributed by atoms with Gasteiger partial charge in [0.1, 0.15) is 5.75 Å². The predicted octanol–water partition coefficient (Wildman–Crippen LogP) is 3.78. The molecule has 0 spiro atoms. The first kappa shape index (κ1) is 14.3. The number of aliphatic hydroxyl groups is 1. The maximum atomic E-state index is 10.3. The molecular formula is C14H13BrClNO2. The highest BCUT2D eigenvalue weighted by molar-refractivity contribution is 9.10. The van der Waals surface area contributed by atoms with Gasteiger partial charge in [-0.25, -0.2) is 0 Å². The molecule has 1 aromatic carbocycles. The van der Waals surface area contributed by atoms with Crippen molar-refractivity contribution in [3.8, 4) is 5.75 Å². The number of methoxy groups -OCH3 is 1. The highest BCUT2D eigenvalue weighted by atomic mass is 79.9. The molecule has 3 nitrogen and oxygen atoms in total. The lowest BCUT2D eigenvalue weighted by atomic mass is 10.0. The first-order chi connectivity index (χ1) is 9.10. The van der Waals surface area contributed by atoms with Gasteiger partial charge in [-0.2, -0.15) is 0 Å². The molecule has 0 aliphatic carbocycles. The van der Waals surface area contributed by atoms with Crippen LogP contribution >= 0.6 is 27.5 Å². The number of nitrogens with zero attached hydrogens (tertiary/aromatic N) is 1. The third-order valence-corrected chi connectivity index (χ3v) is 3.45. The standard InChI is InChI=1S/C14H13BrClNO2/c1-19-14-6-10(16)3-5-12(14)13(18)7-11-4-2-9(15)8-17-11/h2-6,8,13,18H,7H2,1H3. The van der Waals surface area contributed by atoms with Crippen molar-refractivity contribution < 1.29 is 9.84 Å². The third-order valence-electron chi connectivity index (χ3n) is 2.75. The van der Waals surface area contributed by atoms with Crippen LogP contribution in [0.3, 0.4) is 0 Å². The van der Waals surface area contributed by atoms with Gasteiger partial charge in [-0.15, -0.1) is 0 Å². The summed E-state index contributed by atoms with van der Waals surface area (Å²) >= 11 is 9.23. The first-order valence-corrected chi connectivity index (χ1v) is 6.89. The van der Waals surface area contributed by atoms with Crippen molar-refractivity contribution in [1.29, 1.82) is 0 Å². The van der Waals surface area contributed by atoms with Crippen LogP contribution < -0.4 is 4.74 Å². The van der Waals surface area contributed by atoms with Gasteiger partial charge in [0, 0.05) is 33.4 Å². The highest BCUT2D eigenvalue weighted by Crippen LogP contribution is 2.30. The smallest absolute Gasteiger partial charge is 0.126 e. The number of pyridine rings is 1. The molecule has 1 heterocycles. The second-order valence-electron chi connectivity index (χ2n) is 4.07. The summed E-state index contributed by atoms with van der Waals surface area (Å²) < 4.78 is 6.14. The van der Waals surface area contributed by atoms with Crippen molar-refractivity contribution in [2.75, 3.05) is 7.11 Å². The Morgan fingerprint density at radius 3 is 2.79 bits per heavy atom. The second kappa shape index (κ2) is 6.37. The minimum absolute atomic E-state index is 0.422. The van der Waals surface area contributed by atoms with Gasteiger partial charge in [-0.05, 0) is 40.2 Å². The fourth-order valence-electron chi connectivity index (χ4n) is 1.80. The fourth-order valence-corrected chi connectivity index (χ4v) is 2.19. The third kappa shape index (κ3) is 3.69. The molecule has 0 fully saturated rings. The zero-order valence-electron chi connectivity index (χ0n) is 10.3. The molecule has 0 bridgehead atoms. The van der Waals surface area contributed by atoms with Crippen LogP contribution in [0.25, 0.3) is 0 Å². The van der Waals surface area contributed by atoms with Crippen LogP contribution in [0.2, 0.25) is 5.02 Å². The molecule has 1 unspecified atom stereocenters. The van der Waals surface area contributed by atoms with Gasteiger partial charge >= 0.3 is 0 Å². The number of aliphatic hydroxyl groups excluding tert-OH is 1. The lowest BCUT2D eigenvalue weighted by Gasteiger charge is -2.14. The van der Waals surface area contributed by atoms with Crippen LogP contribution in [-0.2, 0) is 6.42 Å². The van der Waals surface area contributed by atoms with Crippen molar-refractivity contribution in [3.63, 3.8) is 0 Å². The van der Waals surface area contributed by atoms with E-state index in [0.717, 1.165) is 10.2 Å². The van der Waals surface area contributed by atoms with E-state index in [0.29, 0.717) is 22.8 Å². The zero-order chi connectivity index (χ0) is 13.8. The monoisotopic (exact) mass is 341 g/mol. The second-order valence-corrected chi connectivity index (χ2v) is 5.43. The lowest BCUT2D eigenvalue weighted by molar-refractivity contribution is 0.173. The molecule has 2 aromatic rings. The summed E-state index contributed by atoms with van der Waals surface area (Å²) in [7, 11) is 1.56. The van der Waals surface area contributed by atoms with Crippen LogP contribution in [0.5, 0.6) is 5.75 Å². The number of aromatic nitrogens is 1. The Morgan fingerprint density at radius 1 is 1.37 bits per heavy atom. The Labute approximate surface area is 125 Å². The molecule has 2 rings (SSSR count). The SMILES string of the molecule is COc1cc(Cl)ccc1C(O)Cc1ccc(Br)cn1. The molecule has 0 saturated carbocycles. The van der Waals surface area contributed by atoms with Gasteiger partial charge in [0.25, 0.3) is 0 Å². The van der Waals surface area contributed by atoms with Crippen molar-refractivity contribution in [2.45, 2.75) is 12.5 Å². The highest BCUT2D eigenvalue weighted by Gasteiger charge is 2.14. The van der Waals surface area contributed by atoms with Gasteiger partial charge in [-0.1, -0.05) is 17.7 Å². The van der Waals surface area contributed by atoms with Crippen molar-refractivity contribution in [1.82, 2.24) is 4.98 Å². The van der Waals surface area contributed by atoms with E-state index in [-0.39, 0.29) is 0 Å². The summed E-state index contributed by atoms with van der Waals surface area (Å²) in [5.41, 5.74) is 1.52. The van der Waals surface area contributed by atoms with Crippen LogP contribution in [0.1, 0.15) is 17.4 Å². The van der Waals surface area contributed by atoms with E-state index in [9.17, 15) is 5.11 Å². The van der Waals surface area contributed by atoms with Gasteiger partial charge in [-0.3, -0.25) is 4.98 Å². The quantitative estimate of drug-likeness (QED) is 0.919. The molecule has 100 valence electrons. The molecular weight excluding hydrogens is 330 g/mol. The van der Waals surface area contributed by atoms with E-state index in [1.807, 2.05) is 12.1 Å². The number of ether oxygens (including phenoxy) is 1. The summed E-state index contributed by atoms with van der Waals surface area (Å²) in [6.07, 6.45) is 1.45. The molecule has 0 aliphatic heterocycles. The van der Waals surface area contributed by atoms with E-state index in [1.54, 1.807) is 31.5 Å². The Hall–Kier alpha value is -1.10. The van der Waals surface area contributed by atoms with Gasteiger partial charge in [0.05, 0.1) is 13.2 Å². The molecule has 19 heavy (non-hydrogen) atoms. The van der Waals surface area contributed by atoms with Gasteiger partial charge < -0.3 is 9.84 Å². The molecule has 1 aromatic heterocycles. The maximum Gasteiger partial charge on any atom is 0.126 e. The Morgan fingerprint density at radius 2 is 2.16 bits per heavy atom. The van der Waals surface area contributed by atoms with Gasteiger partial charge in [0.2, 0.25) is 0 Å². The zero-order valence-corrected chi connectivity index (χ0v) is 12.6. The van der Waals surface area contributed by atoms with Gasteiger partial charge in [0.15, 0.2) is 0 Å². The van der Waals surface area contributed by atoms with Crippen molar-refractivity contribution >= 4 is 27.5 Å². The minimum atomic E-state index is -0.680. The normalized spacial score (nSPS) is 12.2. The maximum absolute atomic E-state index is 10.3. The topological polar surface area (TPSA) is 42.4 Å². The van der Waals surface area contributed by atoms with E-state index in [4.69, 9.17) is 16.3 Å². The van der Waals surface area contributed by atoms with Crippen LogP contribution in [-0.4, -0.2) is 17.2 Å². The number of benzene rings is 1. The van der Waals surface area contributed by atoms with Crippen LogP contribution in [0.4, 0.5) is 0 Å². The summed E-state index contributed by atoms with van der Waals surface area (Å²) in [6, 6.07) is 8.96. The number of hydrogen-bond acceptors (Lipinski definition) is 3. The Balaban J connectivity index is 2.19. The van der Waals surface area contributed by atoms with E-state index < -0.39 is 6.10 Å². The molecule has 1 atom stereocenters. The average molecular weight is 343 g/mol. The number of halogens is 2. The molecule has 5 heteroatoms. The van der Waals surface area contributed by atoms with Crippen molar-refractivity contribution in [2.24, 2.45) is 0 Å². The molecule has 1 N–H and O–H groups in total. The van der Waals surface area contributed by atoms with Crippen LogP contribution in [0, 0.1) is 0 Å². The summed E-state index contributed by atoms with van der Waals surface area (Å²) in [4.78, 5) is 4.24. The largest absolute Gasteiger partial charge is 0.496 e. The van der Waals surface area contributed by atoms with E-state index >= 15 is 0 Å². The molecule has 0 radical (unpaired) electrons. The number of rotatable bonds is 4. The summed E-state index contributed by atoms with van der Waals surface area (Å²) in [5, 5.41) is 10.8. The summed E-state index contributed by atoms with van der Waals surface area (Å²) in [5.74, 6) is 0.581. The van der Waals surface area contributed by atoms with Crippen LogP contribution in [0.15, 0.2) is 41.0 Å². The van der Waals surface area contributed by atoms with E-state index in [1.165, 1.54) is 0 Å². The molecule has 0 saturated heterocycles. The van der Waals surface area contributed by atoms with Crippen molar-refractivity contribution in [3.05, 3.63) is 57.3 Å². The predicted molar refractivity (Wildman–Crippen MR) is 78.6 cm³/mol.